The van der Waals surface area contributed by atoms with E-state index in [4.69, 9.17) is 9.47 Å². The molecule has 0 rings (SSSR count). The Balaban J connectivity index is 4.63. The molecule has 0 aromatic rings. The van der Waals surface area contributed by atoms with E-state index in [9.17, 15) is 40.7 Å². The summed E-state index contributed by atoms with van der Waals surface area (Å²) in [6, 6.07) is 0. The molecule has 1 atom stereocenters. The van der Waals surface area contributed by atoms with Gasteiger partial charge in [-0.15, -0.1) is 0 Å². The van der Waals surface area contributed by atoms with Gasteiger partial charge in [-0.25, -0.2) is 0 Å². The Morgan fingerprint density at radius 1 is 0.697 bits per heavy atom. The molecule has 0 N–H and O–H groups in total. The van der Waals surface area contributed by atoms with Gasteiger partial charge in [0.1, 0.15) is 13.2 Å². The van der Waals surface area contributed by atoms with Gasteiger partial charge in [-0.2, -0.15) is 26.3 Å². The molecule has 0 saturated heterocycles. The fraction of sp³-hybridized carbons (Fsp3) is 0.857. The van der Waals surface area contributed by atoms with E-state index in [0.717, 1.165) is 0 Å². The molecule has 0 heterocycles. The molecule has 0 bridgehead atoms. The van der Waals surface area contributed by atoms with Crippen LogP contribution >= 0.6 is 0 Å². The lowest BCUT2D eigenvalue weighted by Crippen LogP contribution is -2.45. The first-order chi connectivity index (χ1) is 14.5. The van der Waals surface area contributed by atoms with Crippen LogP contribution in [-0.4, -0.2) is 49.6 Å². The summed E-state index contributed by atoms with van der Waals surface area (Å²) in [6.07, 6.45) is -17.3. The summed E-state index contributed by atoms with van der Waals surface area (Å²) < 4.78 is 87.6. The van der Waals surface area contributed by atoms with Crippen molar-refractivity contribution in [3.63, 3.8) is 0 Å². The zero-order valence-corrected chi connectivity index (χ0v) is 19.8. The van der Waals surface area contributed by atoms with E-state index < -0.39 is 66.6 Å². The molecule has 0 saturated carbocycles. The average molecular weight is 494 g/mol. The first-order valence-electron chi connectivity index (χ1n) is 10.2. The third-order valence-corrected chi connectivity index (χ3v) is 4.95. The van der Waals surface area contributed by atoms with E-state index in [1.54, 1.807) is 6.92 Å². The van der Waals surface area contributed by atoms with Crippen LogP contribution in [0.15, 0.2) is 0 Å². The number of carbonyl (C=O) groups excluding carboxylic acids is 3. The Labute approximate surface area is 189 Å². The van der Waals surface area contributed by atoms with Gasteiger partial charge in [0.05, 0.1) is 18.3 Å². The molecule has 12 heteroatoms. The van der Waals surface area contributed by atoms with E-state index in [1.807, 2.05) is 41.5 Å². The van der Waals surface area contributed by atoms with E-state index >= 15 is 0 Å². The third-order valence-electron chi connectivity index (χ3n) is 4.95. The number of hydrogen-bond acceptors (Lipinski definition) is 6. The molecular formula is C21H32F6O6. The number of alkyl halides is 6. The number of hydrogen-bond donors (Lipinski definition) is 0. The van der Waals surface area contributed by atoms with Crippen LogP contribution in [0, 0.1) is 16.2 Å². The van der Waals surface area contributed by atoms with Gasteiger partial charge in [0.25, 0.3) is 6.10 Å². The molecule has 33 heavy (non-hydrogen) atoms. The molecule has 0 radical (unpaired) electrons. The first-order valence-corrected chi connectivity index (χ1v) is 10.2. The quantitative estimate of drug-likeness (QED) is 0.185. The Hall–Kier alpha value is -2.01. The number of esters is 3. The predicted octanol–water partition coefficient (Wildman–Crippen LogP) is 5.38. The van der Waals surface area contributed by atoms with Crippen molar-refractivity contribution in [2.24, 2.45) is 16.2 Å². The van der Waals surface area contributed by atoms with Gasteiger partial charge in [-0.1, -0.05) is 41.5 Å². The van der Waals surface area contributed by atoms with Crippen LogP contribution in [0.25, 0.3) is 0 Å². The number of ether oxygens (including phenoxy) is 3. The lowest BCUT2D eigenvalue weighted by Gasteiger charge is -2.43. The van der Waals surface area contributed by atoms with Crippen LogP contribution in [0.1, 0.15) is 67.7 Å². The van der Waals surface area contributed by atoms with Crippen LogP contribution in [0.2, 0.25) is 0 Å². The van der Waals surface area contributed by atoms with E-state index in [2.05, 4.69) is 4.74 Å². The Morgan fingerprint density at radius 2 is 1.12 bits per heavy atom. The summed E-state index contributed by atoms with van der Waals surface area (Å²) in [7, 11) is 0. The summed E-state index contributed by atoms with van der Waals surface area (Å²) in [5, 5.41) is 0. The van der Waals surface area contributed by atoms with Crippen LogP contribution in [0.3, 0.4) is 0 Å². The number of halogens is 6. The smallest absolute Gasteiger partial charge is 0.434 e. The summed E-state index contributed by atoms with van der Waals surface area (Å²) in [5.74, 6) is -3.44. The molecular weight excluding hydrogens is 462 g/mol. The first kappa shape index (κ1) is 31.0. The molecule has 1 unspecified atom stereocenters. The predicted molar refractivity (Wildman–Crippen MR) is 105 cm³/mol. The Morgan fingerprint density at radius 3 is 1.52 bits per heavy atom. The average Bonchev–Trinajstić information content (AvgIpc) is 2.56. The molecule has 0 aliphatic heterocycles. The van der Waals surface area contributed by atoms with Gasteiger partial charge in [-0.3, -0.25) is 14.4 Å². The summed E-state index contributed by atoms with van der Waals surface area (Å²) in [4.78, 5) is 35.6. The fourth-order valence-corrected chi connectivity index (χ4v) is 2.94. The summed E-state index contributed by atoms with van der Waals surface area (Å²) in [6.45, 7) is 12.7. The van der Waals surface area contributed by atoms with Crippen molar-refractivity contribution in [2.45, 2.75) is 86.2 Å². The molecule has 0 aromatic carbocycles. The van der Waals surface area contributed by atoms with E-state index in [1.165, 1.54) is 0 Å². The van der Waals surface area contributed by atoms with Crippen molar-refractivity contribution >= 4 is 17.9 Å². The van der Waals surface area contributed by atoms with Crippen molar-refractivity contribution < 1.29 is 54.9 Å². The lowest BCUT2D eigenvalue weighted by molar-refractivity contribution is -0.313. The maximum absolute atomic E-state index is 12.7. The summed E-state index contributed by atoms with van der Waals surface area (Å²) >= 11 is 0. The highest BCUT2D eigenvalue weighted by atomic mass is 19.4. The maximum atomic E-state index is 12.7. The molecule has 194 valence electrons. The number of rotatable bonds is 9. The SMILES string of the molecule is CC(C)(C)CC(C)(C(=O)OCCOC(=O)CCC(=O)OC(C(F)(F)F)C(F)(F)F)C(C)(C)C. The van der Waals surface area contributed by atoms with Gasteiger partial charge in [-0.05, 0) is 24.2 Å². The second-order valence-electron chi connectivity index (χ2n) is 10.1. The summed E-state index contributed by atoms with van der Waals surface area (Å²) in [5.41, 5.74) is -1.48. The largest absolute Gasteiger partial charge is 0.462 e. The molecule has 0 aliphatic rings. The number of carbonyl (C=O) groups is 3. The molecule has 0 aromatic heterocycles. The van der Waals surface area contributed by atoms with Crippen molar-refractivity contribution in [1.29, 1.82) is 0 Å². The molecule has 6 nitrogen and oxygen atoms in total. The normalized spacial score (nSPS) is 15.1. The second-order valence-corrected chi connectivity index (χ2v) is 10.1. The van der Waals surface area contributed by atoms with Crippen molar-refractivity contribution in [3.8, 4) is 0 Å². The van der Waals surface area contributed by atoms with Crippen molar-refractivity contribution in [3.05, 3.63) is 0 Å². The standard InChI is InChI=1S/C21H32F6O6/c1-17(2,3)12-19(7,18(4,5)6)16(30)32-11-10-31-13(28)8-9-14(29)33-15(20(22,23)24)21(25,26)27/h15H,8-12H2,1-7H3. The van der Waals surface area contributed by atoms with Crippen LogP contribution < -0.4 is 0 Å². The highest BCUT2D eigenvalue weighted by Gasteiger charge is 2.59. The van der Waals surface area contributed by atoms with Gasteiger partial charge in [0, 0.05) is 0 Å². The minimum Gasteiger partial charge on any atom is -0.462 e. The van der Waals surface area contributed by atoms with Gasteiger partial charge in [0.15, 0.2) is 0 Å². The molecule has 0 fully saturated rings. The third kappa shape index (κ3) is 10.6. The topological polar surface area (TPSA) is 78.9 Å². The Bertz CT molecular complexity index is 673. The van der Waals surface area contributed by atoms with Crippen LogP contribution in [0.5, 0.6) is 0 Å². The highest BCUT2D eigenvalue weighted by molar-refractivity contribution is 5.78. The second kappa shape index (κ2) is 10.9. The van der Waals surface area contributed by atoms with Crippen molar-refractivity contribution in [2.75, 3.05) is 13.2 Å². The zero-order valence-electron chi connectivity index (χ0n) is 19.8. The monoisotopic (exact) mass is 494 g/mol. The zero-order chi connectivity index (χ0) is 26.5. The minimum absolute atomic E-state index is 0.181. The van der Waals surface area contributed by atoms with E-state index in [-0.39, 0.29) is 12.0 Å². The fourth-order valence-electron chi connectivity index (χ4n) is 2.94. The molecule has 0 amide bonds. The van der Waals surface area contributed by atoms with Gasteiger partial charge < -0.3 is 14.2 Å². The van der Waals surface area contributed by atoms with Crippen LogP contribution in [0.4, 0.5) is 26.3 Å². The van der Waals surface area contributed by atoms with Gasteiger partial charge in [0.2, 0.25) is 0 Å². The minimum atomic E-state index is -5.84. The highest BCUT2D eigenvalue weighted by Crippen LogP contribution is 2.47. The molecule has 0 spiro atoms. The van der Waals surface area contributed by atoms with Crippen molar-refractivity contribution in [1.82, 2.24) is 0 Å². The molecule has 0 aliphatic carbocycles. The lowest BCUT2D eigenvalue weighted by atomic mass is 9.61. The van der Waals surface area contributed by atoms with E-state index in [0.29, 0.717) is 6.42 Å². The van der Waals surface area contributed by atoms with Crippen LogP contribution in [-0.2, 0) is 28.6 Å². The Kier molecular flexibility index (Phi) is 10.3. The van der Waals surface area contributed by atoms with Gasteiger partial charge >= 0.3 is 30.3 Å². The maximum Gasteiger partial charge on any atom is 0.434 e.